The van der Waals surface area contributed by atoms with Crippen LogP contribution in [-0.4, -0.2) is 74.8 Å². The van der Waals surface area contributed by atoms with Crippen LogP contribution in [0.25, 0.3) is 0 Å². The number of likely N-dealkylation sites (N-methyl/N-ethyl adjacent to an activating group) is 1. The van der Waals surface area contributed by atoms with Gasteiger partial charge in [-0.3, -0.25) is 19.3 Å². The van der Waals surface area contributed by atoms with Crippen molar-refractivity contribution in [2.45, 2.75) is 4.90 Å². The van der Waals surface area contributed by atoms with E-state index in [0.717, 1.165) is 36.9 Å². The summed E-state index contributed by atoms with van der Waals surface area (Å²) in [5.41, 5.74) is 7.61. The van der Waals surface area contributed by atoms with Crippen LogP contribution in [-0.2, 0) is 19.1 Å². The molecule has 1 fully saturated rings. The third-order valence-electron chi connectivity index (χ3n) is 4.89. The van der Waals surface area contributed by atoms with E-state index in [0.29, 0.717) is 11.4 Å². The Kier molecular flexibility index (Phi) is 9.11. The second-order valence-corrected chi connectivity index (χ2v) is 8.68. The van der Waals surface area contributed by atoms with Gasteiger partial charge in [0.15, 0.2) is 0 Å². The fourth-order valence-corrected chi connectivity index (χ4v) is 4.11. The molecular formula is C23H29N5O4S. The SMILES string of the molecule is CN(CC(=O)Nc1ccc(N2CCOCC2)cc1)CC(=O)Nc1ccccc1SCC(N)=O. The Labute approximate surface area is 197 Å². The molecule has 1 aliphatic rings. The second kappa shape index (κ2) is 12.2. The van der Waals surface area contributed by atoms with E-state index < -0.39 is 5.91 Å². The van der Waals surface area contributed by atoms with Crippen molar-refractivity contribution in [3.8, 4) is 0 Å². The highest BCUT2D eigenvalue weighted by Crippen LogP contribution is 2.26. The first-order chi connectivity index (χ1) is 15.9. The third kappa shape index (κ3) is 8.08. The molecule has 1 heterocycles. The molecule has 0 bridgehead atoms. The lowest BCUT2D eigenvalue weighted by Crippen LogP contribution is -2.36. The number of nitrogens with zero attached hydrogens (tertiary/aromatic N) is 2. The number of para-hydroxylation sites is 1. The molecule has 33 heavy (non-hydrogen) atoms. The maximum atomic E-state index is 12.4. The summed E-state index contributed by atoms with van der Waals surface area (Å²) in [6.45, 7) is 3.25. The summed E-state index contributed by atoms with van der Waals surface area (Å²) < 4.78 is 5.37. The minimum atomic E-state index is -0.428. The van der Waals surface area contributed by atoms with Gasteiger partial charge >= 0.3 is 0 Å². The molecule has 0 atom stereocenters. The van der Waals surface area contributed by atoms with Gasteiger partial charge in [-0.1, -0.05) is 12.1 Å². The van der Waals surface area contributed by atoms with Gasteiger partial charge in [0.2, 0.25) is 17.7 Å². The molecular weight excluding hydrogens is 442 g/mol. The van der Waals surface area contributed by atoms with Gasteiger partial charge in [-0.15, -0.1) is 11.8 Å². The number of ether oxygens (including phenoxy) is 1. The van der Waals surface area contributed by atoms with Crippen LogP contribution in [0, 0.1) is 0 Å². The molecule has 2 aromatic carbocycles. The largest absolute Gasteiger partial charge is 0.378 e. The second-order valence-electron chi connectivity index (χ2n) is 7.67. The Morgan fingerprint density at radius 3 is 2.30 bits per heavy atom. The molecule has 2 aromatic rings. The number of thioether (sulfide) groups is 1. The number of hydrogen-bond donors (Lipinski definition) is 3. The molecule has 9 nitrogen and oxygen atoms in total. The standard InChI is InChI=1S/C23H29N5O4S/c1-27(15-23(31)26-19-4-2-3-5-20(19)33-16-21(24)29)14-22(30)25-17-6-8-18(9-7-17)28-10-12-32-13-11-28/h2-9H,10-16H2,1H3,(H2,24,29)(H,25,30)(H,26,31). The highest BCUT2D eigenvalue weighted by Gasteiger charge is 2.14. The lowest BCUT2D eigenvalue weighted by Gasteiger charge is -2.28. The molecule has 0 unspecified atom stereocenters. The highest BCUT2D eigenvalue weighted by atomic mass is 32.2. The predicted octanol–water partition coefficient (Wildman–Crippen LogP) is 1.61. The molecule has 1 aliphatic heterocycles. The summed E-state index contributed by atoms with van der Waals surface area (Å²) in [5, 5.41) is 5.69. The molecule has 3 rings (SSSR count). The first-order valence-corrected chi connectivity index (χ1v) is 11.6. The predicted molar refractivity (Wildman–Crippen MR) is 131 cm³/mol. The number of nitrogens with two attached hydrogens (primary N) is 1. The summed E-state index contributed by atoms with van der Waals surface area (Å²) in [4.78, 5) is 40.5. The monoisotopic (exact) mass is 471 g/mol. The summed E-state index contributed by atoms with van der Waals surface area (Å²) in [6, 6.07) is 14.9. The average Bonchev–Trinajstić information content (AvgIpc) is 2.79. The van der Waals surface area contributed by atoms with Crippen molar-refractivity contribution < 1.29 is 19.1 Å². The van der Waals surface area contributed by atoms with Gasteiger partial charge in [-0.25, -0.2) is 0 Å². The van der Waals surface area contributed by atoms with Crippen LogP contribution >= 0.6 is 11.8 Å². The number of amides is 3. The van der Waals surface area contributed by atoms with Crippen LogP contribution in [0.5, 0.6) is 0 Å². The first-order valence-electron chi connectivity index (χ1n) is 10.6. The molecule has 10 heteroatoms. The van der Waals surface area contributed by atoms with Crippen molar-refractivity contribution in [2.24, 2.45) is 5.73 Å². The molecule has 3 amide bonds. The number of anilines is 3. The van der Waals surface area contributed by atoms with Crippen molar-refractivity contribution in [3.05, 3.63) is 48.5 Å². The number of benzene rings is 2. The smallest absolute Gasteiger partial charge is 0.238 e. The molecule has 0 aromatic heterocycles. The van der Waals surface area contributed by atoms with E-state index in [1.165, 1.54) is 11.8 Å². The number of morpholine rings is 1. The van der Waals surface area contributed by atoms with E-state index in [1.807, 2.05) is 36.4 Å². The lowest BCUT2D eigenvalue weighted by molar-refractivity contribution is -0.119. The van der Waals surface area contributed by atoms with Crippen LogP contribution in [0.15, 0.2) is 53.4 Å². The zero-order valence-electron chi connectivity index (χ0n) is 18.6. The van der Waals surface area contributed by atoms with Gasteiger partial charge in [0, 0.05) is 29.4 Å². The third-order valence-corrected chi connectivity index (χ3v) is 5.98. The van der Waals surface area contributed by atoms with Crippen molar-refractivity contribution in [3.63, 3.8) is 0 Å². The zero-order valence-corrected chi connectivity index (χ0v) is 19.4. The summed E-state index contributed by atoms with van der Waals surface area (Å²) in [6.07, 6.45) is 0. The fraction of sp³-hybridized carbons (Fsp3) is 0.348. The van der Waals surface area contributed by atoms with Gasteiger partial charge in [-0.2, -0.15) is 0 Å². The summed E-state index contributed by atoms with van der Waals surface area (Å²) in [7, 11) is 1.70. The van der Waals surface area contributed by atoms with Crippen LogP contribution in [0.4, 0.5) is 17.1 Å². The van der Waals surface area contributed by atoms with E-state index >= 15 is 0 Å². The van der Waals surface area contributed by atoms with Crippen LogP contribution in [0.3, 0.4) is 0 Å². The first kappa shape index (κ1) is 24.6. The Hall–Kier alpha value is -3.08. The minimum absolute atomic E-state index is 0.0399. The topological polar surface area (TPSA) is 117 Å². The van der Waals surface area contributed by atoms with Crippen molar-refractivity contribution in [1.82, 2.24) is 4.90 Å². The molecule has 0 aliphatic carbocycles. The molecule has 176 valence electrons. The van der Waals surface area contributed by atoms with Crippen LogP contribution < -0.4 is 21.3 Å². The maximum absolute atomic E-state index is 12.4. The van der Waals surface area contributed by atoms with E-state index in [-0.39, 0.29) is 30.7 Å². The quantitative estimate of drug-likeness (QED) is 0.451. The van der Waals surface area contributed by atoms with Gasteiger partial charge in [0.05, 0.1) is 37.7 Å². The molecule has 0 saturated carbocycles. The Balaban J connectivity index is 1.45. The van der Waals surface area contributed by atoms with Crippen LogP contribution in [0.2, 0.25) is 0 Å². The van der Waals surface area contributed by atoms with Crippen molar-refractivity contribution >= 4 is 46.5 Å². The number of hydrogen-bond acceptors (Lipinski definition) is 7. The Morgan fingerprint density at radius 1 is 1.00 bits per heavy atom. The number of carbonyl (C=O) groups excluding carboxylic acids is 3. The normalized spacial score (nSPS) is 13.6. The molecule has 1 saturated heterocycles. The van der Waals surface area contributed by atoms with Crippen molar-refractivity contribution in [2.75, 3.05) is 67.7 Å². The van der Waals surface area contributed by atoms with Gasteiger partial charge in [0.1, 0.15) is 0 Å². The number of rotatable bonds is 10. The van der Waals surface area contributed by atoms with Gasteiger partial charge in [-0.05, 0) is 43.4 Å². The van der Waals surface area contributed by atoms with E-state index in [4.69, 9.17) is 10.5 Å². The lowest BCUT2D eigenvalue weighted by atomic mass is 10.2. The maximum Gasteiger partial charge on any atom is 0.238 e. The van der Waals surface area contributed by atoms with Gasteiger partial charge < -0.3 is 26.0 Å². The summed E-state index contributed by atoms with van der Waals surface area (Å²) >= 11 is 1.26. The number of carbonyl (C=O) groups is 3. The Morgan fingerprint density at radius 2 is 1.64 bits per heavy atom. The minimum Gasteiger partial charge on any atom is -0.378 e. The summed E-state index contributed by atoms with van der Waals surface area (Å²) in [5.74, 6) is -0.767. The average molecular weight is 472 g/mol. The fourth-order valence-electron chi connectivity index (χ4n) is 3.36. The van der Waals surface area contributed by atoms with Gasteiger partial charge in [0.25, 0.3) is 0 Å². The number of primary amides is 1. The van der Waals surface area contributed by atoms with E-state index in [9.17, 15) is 14.4 Å². The highest BCUT2D eigenvalue weighted by molar-refractivity contribution is 8.00. The zero-order chi connectivity index (χ0) is 23.6. The van der Waals surface area contributed by atoms with Crippen LogP contribution in [0.1, 0.15) is 0 Å². The molecule has 4 N–H and O–H groups in total. The number of nitrogens with one attached hydrogen (secondary N) is 2. The van der Waals surface area contributed by atoms with E-state index in [1.54, 1.807) is 24.1 Å². The van der Waals surface area contributed by atoms with E-state index in [2.05, 4.69) is 15.5 Å². The van der Waals surface area contributed by atoms with Crippen molar-refractivity contribution in [1.29, 1.82) is 0 Å². The Bertz CT molecular complexity index is 964. The molecule has 0 radical (unpaired) electrons. The molecule has 0 spiro atoms.